The van der Waals surface area contributed by atoms with Crippen molar-refractivity contribution in [2.75, 3.05) is 13.1 Å². The van der Waals surface area contributed by atoms with E-state index in [9.17, 15) is 9.59 Å². The molecule has 98 valence electrons. The van der Waals surface area contributed by atoms with E-state index in [0.29, 0.717) is 12.6 Å². The van der Waals surface area contributed by atoms with Crippen molar-refractivity contribution in [2.45, 2.75) is 38.1 Å². The summed E-state index contributed by atoms with van der Waals surface area (Å²) >= 11 is 0. The van der Waals surface area contributed by atoms with Crippen LogP contribution >= 0.6 is 0 Å². The fourth-order valence-electron chi connectivity index (χ4n) is 3.35. The Morgan fingerprint density at radius 1 is 1.11 bits per heavy atom. The Morgan fingerprint density at radius 3 is 2.33 bits per heavy atom. The summed E-state index contributed by atoms with van der Waals surface area (Å²) in [4.78, 5) is 26.1. The van der Waals surface area contributed by atoms with Crippen molar-refractivity contribution in [1.29, 1.82) is 0 Å². The van der Waals surface area contributed by atoms with E-state index in [2.05, 4.69) is 5.32 Å². The molecule has 0 spiro atoms. The van der Waals surface area contributed by atoms with Gasteiger partial charge in [-0.15, -0.1) is 0 Å². The van der Waals surface area contributed by atoms with Crippen LogP contribution in [0.25, 0.3) is 0 Å². The van der Waals surface area contributed by atoms with Crippen molar-refractivity contribution in [3.05, 3.63) is 12.2 Å². The van der Waals surface area contributed by atoms with Gasteiger partial charge in [0.05, 0.1) is 11.8 Å². The second-order valence-corrected chi connectivity index (χ2v) is 5.59. The molecule has 4 heteroatoms. The number of imide groups is 1. The predicted octanol–water partition coefficient (Wildman–Crippen LogP) is 1.08. The SMILES string of the molecule is O=C1C2CC=CCC2C(=O)N1CC1CCCCN1. The van der Waals surface area contributed by atoms with Crippen LogP contribution in [-0.4, -0.2) is 35.8 Å². The lowest BCUT2D eigenvalue weighted by molar-refractivity contribution is -0.140. The normalized spacial score (nSPS) is 36.0. The van der Waals surface area contributed by atoms with Crippen LogP contribution in [0.2, 0.25) is 0 Å². The van der Waals surface area contributed by atoms with E-state index in [1.54, 1.807) is 0 Å². The zero-order chi connectivity index (χ0) is 12.5. The van der Waals surface area contributed by atoms with Crippen molar-refractivity contribution in [3.63, 3.8) is 0 Å². The van der Waals surface area contributed by atoms with E-state index in [1.807, 2.05) is 12.2 Å². The number of hydrogen-bond acceptors (Lipinski definition) is 3. The van der Waals surface area contributed by atoms with Crippen molar-refractivity contribution in [1.82, 2.24) is 10.2 Å². The standard InChI is InChI=1S/C14H20N2O2/c17-13-11-6-1-2-7-12(11)14(18)16(13)9-10-5-3-4-8-15-10/h1-2,10-12,15H,3-9H2. The summed E-state index contributed by atoms with van der Waals surface area (Å²) in [5.41, 5.74) is 0. The highest BCUT2D eigenvalue weighted by atomic mass is 16.2. The van der Waals surface area contributed by atoms with Gasteiger partial charge in [-0.2, -0.15) is 0 Å². The lowest BCUT2D eigenvalue weighted by Gasteiger charge is -2.27. The fraction of sp³-hybridized carbons (Fsp3) is 0.714. The molecule has 0 saturated carbocycles. The summed E-state index contributed by atoms with van der Waals surface area (Å²) in [5.74, 6) is -0.0411. The van der Waals surface area contributed by atoms with Gasteiger partial charge in [0.15, 0.2) is 0 Å². The number of amides is 2. The van der Waals surface area contributed by atoms with Gasteiger partial charge in [-0.1, -0.05) is 18.6 Å². The highest BCUT2D eigenvalue weighted by Crippen LogP contribution is 2.35. The van der Waals surface area contributed by atoms with Gasteiger partial charge in [0.2, 0.25) is 11.8 Å². The number of hydrogen-bond donors (Lipinski definition) is 1. The summed E-state index contributed by atoms with van der Waals surface area (Å²) in [6.07, 6.45) is 9.03. The van der Waals surface area contributed by atoms with Gasteiger partial charge in [0, 0.05) is 12.6 Å². The molecule has 0 aromatic rings. The Kier molecular flexibility index (Phi) is 3.20. The first-order valence-electron chi connectivity index (χ1n) is 7.01. The third kappa shape index (κ3) is 1.99. The van der Waals surface area contributed by atoms with Crippen LogP contribution in [0.4, 0.5) is 0 Å². The Balaban J connectivity index is 1.69. The van der Waals surface area contributed by atoms with E-state index >= 15 is 0 Å². The molecule has 2 amide bonds. The highest BCUT2D eigenvalue weighted by molar-refractivity contribution is 6.05. The number of carbonyl (C=O) groups is 2. The maximum Gasteiger partial charge on any atom is 0.233 e. The average molecular weight is 248 g/mol. The van der Waals surface area contributed by atoms with Crippen LogP contribution in [0.3, 0.4) is 0 Å². The van der Waals surface area contributed by atoms with E-state index in [-0.39, 0.29) is 23.7 Å². The number of nitrogens with zero attached hydrogens (tertiary/aromatic N) is 1. The molecule has 3 atom stereocenters. The van der Waals surface area contributed by atoms with Crippen LogP contribution < -0.4 is 5.32 Å². The van der Waals surface area contributed by atoms with Gasteiger partial charge in [0.1, 0.15) is 0 Å². The molecule has 3 unspecified atom stereocenters. The minimum absolute atomic E-state index is 0.0572. The predicted molar refractivity (Wildman–Crippen MR) is 67.7 cm³/mol. The van der Waals surface area contributed by atoms with Gasteiger partial charge >= 0.3 is 0 Å². The van der Waals surface area contributed by atoms with Crippen molar-refractivity contribution in [2.24, 2.45) is 11.8 Å². The van der Waals surface area contributed by atoms with Gasteiger partial charge < -0.3 is 5.32 Å². The maximum atomic E-state index is 12.3. The molecular formula is C14H20N2O2. The number of piperidine rings is 1. The second kappa shape index (κ2) is 4.84. The van der Waals surface area contributed by atoms with Gasteiger partial charge in [-0.25, -0.2) is 0 Å². The van der Waals surface area contributed by atoms with E-state index in [4.69, 9.17) is 0 Å². The Labute approximate surface area is 107 Å². The molecule has 0 aromatic carbocycles. The number of rotatable bonds is 2. The molecule has 1 N–H and O–H groups in total. The number of likely N-dealkylation sites (tertiary alicyclic amines) is 1. The van der Waals surface area contributed by atoms with Crippen LogP contribution in [0.1, 0.15) is 32.1 Å². The first kappa shape index (κ1) is 11.9. The molecule has 2 saturated heterocycles. The Hall–Kier alpha value is -1.16. The minimum Gasteiger partial charge on any atom is -0.312 e. The molecular weight excluding hydrogens is 228 g/mol. The van der Waals surface area contributed by atoms with Gasteiger partial charge in [0.25, 0.3) is 0 Å². The third-order valence-electron chi connectivity index (χ3n) is 4.41. The minimum atomic E-state index is -0.0777. The molecule has 3 rings (SSSR count). The second-order valence-electron chi connectivity index (χ2n) is 5.59. The number of nitrogens with one attached hydrogen (secondary N) is 1. The van der Waals surface area contributed by atoms with E-state index in [1.165, 1.54) is 17.7 Å². The summed E-state index contributed by atoms with van der Waals surface area (Å²) in [6, 6.07) is 0.305. The zero-order valence-corrected chi connectivity index (χ0v) is 10.6. The smallest absolute Gasteiger partial charge is 0.233 e. The topological polar surface area (TPSA) is 49.4 Å². The monoisotopic (exact) mass is 248 g/mol. The summed E-state index contributed by atoms with van der Waals surface area (Å²) < 4.78 is 0. The Morgan fingerprint density at radius 2 is 1.78 bits per heavy atom. The van der Waals surface area contributed by atoms with Crippen LogP contribution in [-0.2, 0) is 9.59 Å². The Bertz CT molecular complexity index is 359. The van der Waals surface area contributed by atoms with Crippen LogP contribution in [0, 0.1) is 11.8 Å². The van der Waals surface area contributed by atoms with E-state index in [0.717, 1.165) is 25.8 Å². The van der Waals surface area contributed by atoms with Gasteiger partial charge in [-0.05, 0) is 32.2 Å². The number of allylic oxidation sites excluding steroid dienone is 2. The molecule has 3 aliphatic rings. The first-order valence-corrected chi connectivity index (χ1v) is 7.01. The lowest BCUT2D eigenvalue weighted by atomic mass is 9.85. The lowest BCUT2D eigenvalue weighted by Crippen LogP contribution is -2.46. The first-order chi connectivity index (χ1) is 8.77. The van der Waals surface area contributed by atoms with Crippen LogP contribution in [0.15, 0.2) is 12.2 Å². The highest BCUT2D eigenvalue weighted by Gasteiger charge is 2.47. The van der Waals surface area contributed by atoms with Crippen molar-refractivity contribution in [3.8, 4) is 0 Å². The number of carbonyl (C=O) groups excluding carboxylic acids is 2. The average Bonchev–Trinajstić information content (AvgIpc) is 2.66. The number of fused-ring (bicyclic) bond motifs is 1. The molecule has 1 aliphatic carbocycles. The summed E-state index contributed by atoms with van der Waals surface area (Å²) in [5, 5.41) is 3.41. The third-order valence-corrected chi connectivity index (χ3v) is 4.41. The molecule has 2 aliphatic heterocycles. The van der Waals surface area contributed by atoms with E-state index < -0.39 is 0 Å². The molecule has 2 fully saturated rings. The molecule has 0 radical (unpaired) electrons. The molecule has 0 aromatic heterocycles. The largest absolute Gasteiger partial charge is 0.312 e. The molecule has 2 heterocycles. The fourth-order valence-corrected chi connectivity index (χ4v) is 3.35. The summed E-state index contributed by atoms with van der Waals surface area (Å²) in [7, 11) is 0. The van der Waals surface area contributed by atoms with Crippen molar-refractivity contribution >= 4 is 11.8 Å². The van der Waals surface area contributed by atoms with Gasteiger partial charge in [-0.3, -0.25) is 14.5 Å². The van der Waals surface area contributed by atoms with Crippen LogP contribution in [0.5, 0.6) is 0 Å². The maximum absolute atomic E-state index is 12.3. The molecule has 0 bridgehead atoms. The zero-order valence-electron chi connectivity index (χ0n) is 10.6. The quantitative estimate of drug-likeness (QED) is 0.587. The molecule has 4 nitrogen and oxygen atoms in total. The summed E-state index contributed by atoms with van der Waals surface area (Å²) in [6.45, 7) is 1.58. The molecule has 18 heavy (non-hydrogen) atoms. The van der Waals surface area contributed by atoms with Crippen molar-refractivity contribution < 1.29 is 9.59 Å².